The van der Waals surface area contributed by atoms with Crippen LogP contribution in [0.4, 0.5) is 5.69 Å². The molecular weight excluding hydrogens is 364 g/mol. The fourth-order valence-corrected chi connectivity index (χ4v) is 4.69. The van der Waals surface area contributed by atoms with Crippen molar-refractivity contribution in [1.29, 1.82) is 0 Å². The molecule has 1 atom stereocenters. The van der Waals surface area contributed by atoms with Crippen molar-refractivity contribution < 1.29 is 17.9 Å². The van der Waals surface area contributed by atoms with Gasteiger partial charge in [-0.05, 0) is 56.2 Å². The van der Waals surface area contributed by atoms with E-state index in [9.17, 15) is 13.2 Å². The van der Waals surface area contributed by atoms with E-state index in [0.717, 1.165) is 0 Å². The second-order valence-corrected chi connectivity index (χ2v) is 8.40. The Bertz CT molecular complexity index is 867. The highest BCUT2D eigenvalue weighted by Crippen LogP contribution is 2.26. The minimum Gasteiger partial charge on any atom is -0.494 e. The molecule has 1 amide bonds. The maximum atomic E-state index is 12.9. The van der Waals surface area contributed by atoms with Gasteiger partial charge in [0.25, 0.3) is 0 Å². The molecule has 1 aliphatic rings. The van der Waals surface area contributed by atoms with Gasteiger partial charge >= 0.3 is 0 Å². The van der Waals surface area contributed by atoms with Crippen molar-refractivity contribution in [2.45, 2.75) is 24.7 Å². The van der Waals surface area contributed by atoms with Crippen LogP contribution in [0.3, 0.4) is 0 Å². The van der Waals surface area contributed by atoms with E-state index < -0.39 is 10.0 Å². The van der Waals surface area contributed by atoms with E-state index in [4.69, 9.17) is 4.74 Å². The first-order valence-electron chi connectivity index (χ1n) is 9.09. The van der Waals surface area contributed by atoms with Crippen molar-refractivity contribution in [2.24, 2.45) is 5.92 Å². The molecule has 2 aromatic rings. The van der Waals surface area contributed by atoms with Crippen LogP contribution in [0, 0.1) is 5.92 Å². The Morgan fingerprint density at radius 3 is 2.52 bits per heavy atom. The lowest BCUT2D eigenvalue weighted by molar-refractivity contribution is -0.120. The lowest BCUT2D eigenvalue weighted by Crippen LogP contribution is -2.43. The minimum absolute atomic E-state index is 0.146. The van der Waals surface area contributed by atoms with Crippen molar-refractivity contribution in [1.82, 2.24) is 4.31 Å². The quantitative estimate of drug-likeness (QED) is 0.825. The highest BCUT2D eigenvalue weighted by Gasteiger charge is 2.33. The Balaban J connectivity index is 1.70. The molecule has 6 nitrogen and oxygen atoms in total. The van der Waals surface area contributed by atoms with Gasteiger partial charge in [-0.25, -0.2) is 8.42 Å². The number of ether oxygens (including phenoxy) is 1. The van der Waals surface area contributed by atoms with Crippen LogP contribution in [0.5, 0.6) is 5.75 Å². The van der Waals surface area contributed by atoms with Crippen molar-refractivity contribution in [3.63, 3.8) is 0 Å². The Morgan fingerprint density at radius 1 is 1.15 bits per heavy atom. The highest BCUT2D eigenvalue weighted by atomic mass is 32.2. The molecule has 0 unspecified atom stereocenters. The molecule has 0 saturated carbocycles. The molecule has 1 aliphatic heterocycles. The molecule has 0 aliphatic carbocycles. The number of hydrogen-bond acceptors (Lipinski definition) is 4. The van der Waals surface area contributed by atoms with Gasteiger partial charge in [0, 0.05) is 18.8 Å². The fraction of sp³-hybridized carbons (Fsp3) is 0.350. The fourth-order valence-electron chi connectivity index (χ4n) is 3.16. The number of anilines is 1. The van der Waals surface area contributed by atoms with Gasteiger partial charge in [0.05, 0.1) is 17.4 Å². The van der Waals surface area contributed by atoms with Gasteiger partial charge in [-0.3, -0.25) is 4.79 Å². The van der Waals surface area contributed by atoms with Crippen molar-refractivity contribution in [3.8, 4) is 5.75 Å². The lowest BCUT2D eigenvalue weighted by atomic mass is 9.99. The number of hydrogen-bond donors (Lipinski definition) is 1. The first-order valence-corrected chi connectivity index (χ1v) is 10.5. The van der Waals surface area contributed by atoms with Gasteiger partial charge in [0.1, 0.15) is 5.75 Å². The zero-order chi connectivity index (χ0) is 19.3. The number of rotatable bonds is 6. The second kappa shape index (κ2) is 8.54. The molecule has 27 heavy (non-hydrogen) atoms. The first kappa shape index (κ1) is 19.4. The zero-order valence-corrected chi connectivity index (χ0v) is 16.1. The number of nitrogens with zero attached hydrogens (tertiary/aromatic N) is 1. The molecule has 0 aromatic heterocycles. The second-order valence-electron chi connectivity index (χ2n) is 6.46. The molecule has 1 N–H and O–H groups in total. The van der Waals surface area contributed by atoms with E-state index in [1.165, 1.54) is 4.31 Å². The molecule has 1 fully saturated rings. The van der Waals surface area contributed by atoms with Gasteiger partial charge in [-0.1, -0.05) is 18.2 Å². The largest absolute Gasteiger partial charge is 0.494 e. The summed E-state index contributed by atoms with van der Waals surface area (Å²) in [6.45, 7) is 3.01. The van der Waals surface area contributed by atoms with Crippen LogP contribution >= 0.6 is 0 Å². The molecule has 0 spiro atoms. The van der Waals surface area contributed by atoms with Gasteiger partial charge in [0.15, 0.2) is 0 Å². The monoisotopic (exact) mass is 388 g/mol. The van der Waals surface area contributed by atoms with Crippen molar-refractivity contribution >= 4 is 21.6 Å². The summed E-state index contributed by atoms with van der Waals surface area (Å²) in [4.78, 5) is 12.8. The summed E-state index contributed by atoms with van der Waals surface area (Å²) in [7, 11) is -3.64. The maximum Gasteiger partial charge on any atom is 0.243 e. The maximum absolute atomic E-state index is 12.9. The smallest absolute Gasteiger partial charge is 0.243 e. The predicted molar refractivity (Wildman–Crippen MR) is 104 cm³/mol. The molecule has 0 radical (unpaired) electrons. The van der Waals surface area contributed by atoms with Crippen LogP contribution in [0.15, 0.2) is 59.5 Å². The number of nitrogens with one attached hydrogen (secondary N) is 1. The number of benzene rings is 2. The molecule has 7 heteroatoms. The Labute approximate surface area is 160 Å². The Morgan fingerprint density at radius 2 is 1.85 bits per heavy atom. The number of para-hydroxylation sites is 1. The van der Waals surface area contributed by atoms with Crippen LogP contribution < -0.4 is 10.1 Å². The summed E-state index contributed by atoms with van der Waals surface area (Å²) in [6.07, 6.45) is 1.33. The summed E-state index contributed by atoms with van der Waals surface area (Å²) in [5.74, 6) is 0.124. The lowest BCUT2D eigenvalue weighted by Gasteiger charge is -2.31. The van der Waals surface area contributed by atoms with Crippen LogP contribution in [0.2, 0.25) is 0 Å². The highest BCUT2D eigenvalue weighted by molar-refractivity contribution is 7.89. The van der Waals surface area contributed by atoms with Crippen molar-refractivity contribution in [3.05, 3.63) is 54.6 Å². The number of carbonyl (C=O) groups is 1. The third kappa shape index (κ3) is 4.67. The van der Waals surface area contributed by atoms with E-state index in [0.29, 0.717) is 37.4 Å². The van der Waals surface area contributed by atoms with Gasteiger partial charge < -0.3 is 10.1 Å². The zero-order valence-electron chi connectivity index (χ0n) is 15.3. The minimum atomic E-state index is -3.64. The molecular formula is C20H24N2O4S. The summed E-state index contributed by atoms with van der Waals surface area (Å²) in [5, 5.41) is 2.87. The summed E-state index contributed by atoms with van der Waals surface area (Å²) in [5.41, 5.74) is 0.717. The van der Waals surface area contributed by atoms with E-state index in [-0.39, 0.29) is 23.3 Å². The number of sulfonamides is 1. The van der Waals surface area contributed by atoms with E-state index in [1.807, 2.05) is 37.3 Å². The van der Waals surface area contributed by atoms with Crippen LogP contribution in [0.1, 0.15) is 19.8 Å². The number of piperidine rings is 1. The summed E-state index contributed by atoms with van der Waals surface area (Å²) < 4.78 is 32.6. The molecule has 2 aromatic carbocycles. The topological polar surface area (TPSA) is 75.7 Å². The average molecular weight is 388 g/mol. The third-order valence-corrected chi connectivity index (χ3v) is 6.45. The van der Waals surface area contributed by atoms with E-state index in [2.05, 4.69) is 5.32 Å². The van der Waals surface area contributed by atoms with Crippen LogP contribution in [0.25, 0.3) is 0 Å². The van der Waals surface area contributed by atoms with Gasteiger partial charge in [0.2, 0.25) is 15.9 Å². The third-order valence-electron chi connectivity index (χ3n) is 4.57. The summed E-state index contributed by atoms with van der Waals surface area (Å²) >= 11 is 0. The van der Waals surface area contributed by atoms with Crippen LogP contribution in [-0.4, -0.2) is 38.3 Å². The standard InChI is InChI=1S/C20H24N2O4S/c1-2-26-18-10-12-19(13-11-18)27(24,25)22-14-6-7-16(15-22)20(23)21-17-8-4-3-5-9-17/h3-5,8-13,16H,2,6-7,14-15H2,1H3,(H,21,23)/t16-/m0/s1. The number of amides is 1. The van der Waals surface area contributed by atoms with E-state index in [1.54, 1.807) is 24.3 Å². The normalized spacial score (nSPS) is 18.0. The van der Waals surface area contributed by atoms with E-state index >= 15 is 0 Å². The first-order chi connectivity index (χ1) is 13.0. The van der Waals surface area contributed by atoms with Crippen LogP contribution in [-0.2, 0) is 14.8 Å². The SMILES string of the molecule is CCOc1ccc(S(=O)(=O)N2CCC[C@H](C(=O)Nc3ccccc3)C2)cc1. The number of carbonyl (C=O) groups excluding carboxylic acids is 1. The molecule has 1 heterocycles. The molecule has 0 bridgehead atoms. The predicted octanol–water partition coefficient (Wildman–Crippen LogP) is 3.12. The Kier molecular flexibility index (Phi) is 6.13. The summed E-state index contributed by atoms with van der Waals surface area (Å²) in [6, 6.07) is 15.6. The van der Waals surface area contributed by atoms with Gasteiger partial charge in [-0.2, -0.15) is 4.31 Å². The van der Waals surface area contributed by atoms with Crippen molar-refractivity contribution in [2.75, 3.05) is 25.0 Å². The molecule has 144 valence electrons. The Hall–Kier alpha value is -2.38. The van der Waals surface area contributed by atoms with Gasteiger partial charge in [-0.15, -0.1) is 0 Å². The average Bonchev–Trinajstić information content (AvgIpc) is 2.69. The molecule has 1 saturated heterocycles. The molecule has 3 rings (SSSR count).